The Balaban J connectivity index is 1.80. The zero-order chi connectivity index (χ0) is 19.4. The zero-order valence-corrected chi connectivity index (χ0v) is 16.6. The fourth-order valence-corrected chi connectivity index (χ4v) is 4.83. The topological polar surface area (TPSA) is 30.2 Å². The Labute approximate surface area is 171 Å². The third-order valence-corrected chi connectivity index (χ3v) is 6.20. The van der Waals surface area contributed by atoms with Crippen molar-refractivity contribution < 1.29 is 0 Å². The molecule has 138 valence electrons. The van der Waals surface area contributed by atoms with Crippen molar-refractivity contribution >= 4 is 38.2 Å². The lowest BCUT2D eigenvalue weighted by Crippen LogP contribution is -1.93. The SMILES string of the molecule is Cc1ccc(-c2nc3ccccc3c3nc4scc(-c5ccccc5)n4c23)cc1. The molecule has 3 heterocycles. The van der Waals surface area contributed by atoms with E-state index in [-0.39, 0.29) is 0 Å². The van der Waals surface area contributed by atoms with Gasteiger partial charge in [0.2, 0.25) is 0 Å². The molecule has 0 unspecified atom stereocenters. The number of fused-ring (bicyclic) bond motifs is 5. The van der Waals surface area contributed by atoms with Crippen LogP contribution >= 0.6 is 11.3 Å². The van der Waals surface area contributed by atoms with E-state index in [1.807, 2.05) is 12.1 Å². The summed E-state index contributed by atoms with van der Waals surface area (Å²) in [5, 5.41) is 3.28. The van der Waals surface area contributed by atoms with Crippen molar-refractivity contribution in [3.8, 4) is 22.5 Å². The number of para-hydroxylation sites is 1. The maximum absolute atomic E-state index is 5.08. The number of pyridine rings is 1. The van der Waals surface area contributed by atoms with Crippen LogP contribution in [-0.4, -0.2) is 14.4 Å². The van der Waals surface area contributed by atoms with Crippen LogP contribution in [0.15, 0.2) is 84.2 Å². The van der Waals surface area contributed by atoms with Crippen molar-refractivity contribution in [2.75, 3.05) is 0 Å². The number of benzene rings is 3. The van der Waals surface area contributed by atoms with Crippen molar-refractivity contribution in [3.05, 3.63) is 89.8 Å². The predicted octanol–water partition coefficient (Wildman–Crippen LogP) is 6.74. The molecule has 29 heavy (non-hydrogen) atoms. The molecule has 0 aliphatic rings. The number of imidazole rings is 1. The maximum Gasteiger partial charge on any atom is 0.195 e. The molecule has 3 nitrogen and oxygen atoms in total. The summed E-state index contributed by atoms with van der Waals surface area (Å²) in [7, 11) is 0. The van der Waals surface area contributed by atoms with Gasteiger partial charge >= 0.3 is 0 Å². The molecule has 0 amide bonds. The van der Waals surface area contributed by atoms with Crippen molar-refractivity contribution in [3.63, 3.8) is 0 Å². The largest absolute Gasteiger partial charge is 0.281 e. The molecule has 6 aromatic rings. The number of hydrogen-bond acceptors (Lipinski definition) is 3. The smallest absolute Gasteiger partial charge is 0.195 e. The predicted molar refractivity (Wildman–Crippen MR) is 121 cm³/mol. The molecular formula is C25H17N3S. The van der Waals surface area contributed by atoms with E-state index in [2.05, 4.69) is 83.4 Å². The monoisotopic (exact) mass is 391 g/mol. The van der Waals surface area contributed by atoms with Crippen LogP contribution in [0.4, 0.5) is 0 Å². The van der Waals surface area contributed by atoms with Gasteiger partial charge < -0.3 is 0 Å². The van der Waals surface area contributed by atoms with E-state index in [1.54, 1.807) is 11.3 Å². The second-order valence-electron chi connectivity index (χ2n) is 7.26. The minimum atomic E-state index is 0.974. The fraction of sp³-hybridized carbons (Fsp3) is 0.0400. The van der Waals surface area contributed by atoms with Gasteiger partial charge in [-0.15, -0.1) is 11.3 Å². The second-order valence-corrected chi connectivity index (χ2v) is 8.09. The first-order valence-corrected chi connectivity index (χ1v) is 10.5. The van der Waals surface area contributed by atoms with E-state index in [0.717, 1.165) is 43.8 Å². The summed E-state index contributed by atoms with van der Waals surface area (Å²) in [5.41, 5.74) is 8.71. The molecule has 6 rings (SSSR count). The van der Waals surface area contributed by atoms with Gasteiger partial charge in [-0.25, -0.2) is 9.97 Å². The van der Waals surface area contributed by atoms with Crippen LogP contribution < -0.4 is 0 Å². The van der Waals surface area contributed by atoms with Crippen molar-refractivity contribution in [2.24, 2.45) is 0 Å². The van der Waals surface area contributed by atoms with E-state index in [9.17, 15) is 0 Å². The molecule has 3 aromatic heterocycles. The third kappa shape index (κ3) is 2.50. The zero-order valence-electron chi connectivity index (χ0n) is 15.8. The maximum atomic E-state index is 5.08. The third-order valence-electron chi connectivity index (χ3n) is 5.37. The van der Waals surface area contributed by atoms with Gasteiger partial charge in [-0.1, -0.05) is 78.4 Å². The first-order chi connectivity index (χ1) is 14.3. The highest BCUT2D eigenvalue weighted by molar-refractivity contribution is 7.15. The molecule has 0 atom stereocenters. The Bertz CT molecular complexity index is 1490. The first-order valence-electron chi connectivity index (χ1n) is 9.60. The van der Waals surface area contributed by atoms with Gasteiger partial charge in [0, 0.05) is 16.3 Å². The van der Waals surface area contributed by atoms with Crippen LogP contribution in [0.3, 0.4) is 0 Å². The van der Waals surface area contributed by atoms with E-state index in [0.29, 0.717) is 0 Å². The molecule has 0 radical (unpaired) electrons. The Kier molecular flexibility index (Phi) is 3.55. The van der Waals surface area contributed by atoms with Crippen molar-refractivity contribution in [1.82, 2.24) is 14.4 Å². The highest BCUT2D eigenvalue weighted by Crippen LogP contribution is 2.37. The number of rotatable bonds is 2. The Morgan fingerprint density at radius 3 is 2.34 bits per heavy atom. The van der Waals surface area contributed by atoms with Gasteiger partial charge in [-0.05, 0) is 18.6 Å². The molecule has 0 aliphatic carbocycles. The molecule has 0 aliphatic heterocycles. The summed E-state index contributed by atoms with van der Waals surface area (Å²) in [6.07, 6.45) is 0. The summed E-state index contributed by atoms with van der Waals surface area (Å²) in [5.74, 6) is 0. The van der Waals surface area contributed by atoms with Crippen LogP contribution in [0.1, 0.15) is 5.56 Å². The Morgan fingerprint density at radius 1 is 0.759 bits per heavy atom. The van der Waals surface area contributed by atoms with Crippen molar-refractivity contribution in [2.45, 2.75) is 6.92 Å². The first kappa shape index (κ1) is 16.5. The molecule has 0 fully saturated rings. The average molecular weight is 391 g/mol. The number of aromatic nitrogens is 3. The van der Waals surface area contributed by atoms with Gasteiger partial charge in [0.25, 0.3) is 0 Å². The number of aryl methyl sites for hydroxylation is 1. The molecule has 0 saturated carbocycles. The average Bonchev–Trinajstić information content (AvgIpc) is 3.34. The van der Waals surface area contributed by atoms with Gasteiger partial charge in [-0.2, -0.15) is 0 Å². The van der Waals surface area contributed by atoms with E-state index >= 15 is 0 Å². The minimum Gasteiger partial charge on any atom is -0.281 e. The highest BCUT2D eigenvalue weighted by atomic mass is 32.1. The highest BCUT2D eigenvalue weighted by Gasteiger charge is 2.19. The lowest BCUT2D eigenvalue weighted by molar-refractivity contribution is 1.27. The lowest BCUT2D eigenvalue weighted by Gasteiger charge is -2.09. The van der Waals surface area contributed by atoms with E-state index in [1.165, 1.54) is 11.1 Å². The van der Waals surface area contributed by atoms with Gasteiger partial charge in [0.15, 0.2) is 4.96 Å². The van der Waals surface area contributed by atoms with E-state index in [4.69, 9.17) is 9.97 Å². The van der Waals surface area contributed by atoms with Gasteiger partial charge in [0.05, 0.1) is 16.9 Å². The number of hydrogen-bond donors (Lipinski definition) is 0. The van der Waals surface area contributed by atoms with Crippen LogP contribution in [0, 0.1) is 6.92 Å². The van der Waals surface area contributed by atoms with E-state index < -0.39 is 0 Å². The summed E-state index contributed by atoms with van der Waals surface area (Å²) >= 11 is 1.67. The lowest BCUT2D eigenvalue weighted by atomic mass is 10.1. The fourth-order valence-electron chi connectivity index (χ4n) is 3.93. The number of thiazole rings is 1. The van der Waals surface area contributed by atoms with Crippen LogP contribution in [0.5, 0.6) is 0 Å². The van der Waals surface area contributed by atoms with Gasteiger partial charge in [0.1, 0.15) is 11.0 Å². The second kappa shape index (κ2) is 6.26. The quantitative estimate of drug-likeness (QED) is 0.327. The molecule has 0 saturated heterocycles. The molecule has 4 heteroatoms. The molecule has 0 spiro atoms. The Morgan fingerprint density at radius 2 is 1.52 bits per heavy atom. The summed E-state index contributed by atoms with van der Waals surface area (Å²) < 4.78 is 2.27. The van der Waals surface area contributed by atoms with Gasteiger partial charge in [-0.3, -0.25) is 4.40 Å². The minimum absolute atomic E-state index is 0.974. The number of nitrogens with zero attached hydrogens (tertiary/aromatic N) is 3. The van der Waals surface area contributed by atoms with Crippen LogP contribution in [0.2, 0.25) is 0 Å². The molecule has 3 aromatic carbocycles. The summed E-state index contributed by atoms with van der Waals surface area (Å²) in [6, 6.07) is 27.4. The Hall–Kier alpha value is -3.50. The molecule has 0 N–H and O–H groups in total. The molecule has 0 bridgehead atoms. The standard InChI is InChI=1S/C25H17N3S/c1-16-11-13-18(14-12-16)22-24-23(19-9-5-6-10-20(19)26-22)27-25-28(24)21(15-29-25)17-7-3-2-4-8-17/h2-15H,1H3. The van der Waals surface area contributed by atoms with Crippen molar-refractivity contribution in [1.29, 1.82) is 0 Å². The van der Waals surface area contributed by atoms with Crippen LogP contribution in [0.25, 0.3) is 49.4 Å². The summed E-state index contributed by atoms with van der Waals surface area (Å²) in [4.78, 5) is 11.1. The van der Waals surface area contributed by atoms with Crippen LogP contribution in [-0.2, 0) is 0 Å². The summed E-state index contributed by atoms with van der Waals surface area (Å²) in [6.45, 7) is 2.11. The normalized spacial score (nSPS) is 11.6. The molecular weight excluding hydrogens is 374 g/mol.